The first kappa shape index (κ1) is 13.5. The van der Waals surface area contributed by atoms with Crippen molar-refractivity contribution in [2.45, 2.75) is 0 Å². The number of halogens is 1. The minimum Gasteiger partial charge on any atom is -0.268 e. The highest BCUT2D eigenvalue weighted by molar-refractivity contribution is 8.27. The number of nitrogens with zero attached hydrogens (tertiary/aromatic N) is 1. The van der Waals surface area contributed by atoms with Gasteiger partial charge in [0.1, 0.15) is 5.82 Å². The van der Waals surface area contributed by atoms with Gasteiger partial charge in [-0.25, -0.2) is 4.39 Å². The van der Waals surface area contributed by atoms with Gasteiger partial charge in [-0.2, -0.15) is 0 Å². The third kappa shape index (κ3) is 2.54. The molecule has 6 heteroatoms. The molecule has 3 rings (SSSR count). The molecule has 0 saturated carbocycles. The molecule has 0 atom stereocenters. The number of thiophene rings is 1. The van der Waals surface area contributed by atoms with Gasteiger partial charge < -0.3 is 0 Å². The molecule has 1 aromatic carbocycles. The Hall–Kier alpha value is -1.50. The van der Waals surface area contributed by atoms with E-state index in [1.165, 1.54) is 28.8 Å². The van der Waals surface area contributed by atoms with Gasteiger partial charge >= 0.3 is 0 Å². The first-order valence-electron chi connectivity index (χ1n) is 5.72. The number of thiocarbonyl (C=S) groups is 1. The summed E-state index contributed by atoms with van der Waals surface area (Å²) in [6.07, 6.45) is 1.83. The summed E-state index contributed by atoms with van der Waals surface area (Å²) in [6.45, 7) is 0. The largest absolute Gasteiger partial charge is 0.270 e. The predicted octanol–water partition coefficient (Wildman–Crippen LogP) is 4.29. The van der Waals surface area contributed by atoms with E-state index in [9.17, 15) is 9.18 Å². The highest BCUT2D eigenvalue weighted by atomic mass is 32.2. The molecule has 0 spiro atoms. The third-order valence-electron chi connectivity index (χ3n) is 2.70. The standard InChI is InChI=1S/C14H8FNOS3/c15-9-3-5-10(6-4-9)16-13(17)12(20-14(16)18)8-11-2-1-7-19-11/h1-8H/b12-8+. The Morgan fingerprint density at radius 1 is 1.20 bits per heavy atom. The second kappa shape index (κ2) is 5.47. The van der Waals surface area contributed by atoms with E-state index in [1.54, 1.807) is 23.5 Å². The monoisotopic (exact) mass is 321 g/mol. The maximum Gasteiger partial charge on any atom is 0.270 e. The van der Waals surface area contributed by atoms with Gasteiger partial charge in [-0.1, -0.05) is 30.0 Å². The van der Waals surface area contributed by atoms with E-state index in [2.05, 4.69) is 0 Å². The first-order valence-corrected chi connectivity index (χ1v) is 7.82. The molecule has 1 aliphatic heterocycles. The predicted molar refractivity (Wildman–Crippen MR) is 86.4 cm³/mol. The van der Waals surface area contributed by atoms with Gasteiger partial charge in [0.05, 0.1) is 10.6 Å². The Labute approximate surface area is 128 Å². The van der Waals surface area contributed by atoms with Crippen molar-refractivity contribution in [1.29, 1.82) is 0 Å². The van der Waals surface area contributed by atoms with E-state index in [1.807, 2.05) is 23.6 Å². The van der Waals surface area contributed by atoms with Gasteiger partial charge in [0.15, 0.2) is 4.32 Å². The van der Waals surface area contributed by atoms with Crippen LogP contribution >= 0.6 is 35.3 Å². The Morgan fingerprint density at radius 3 is 2.60 bits per heavy atom. The molecule has 0 bridgehead atoms. The Kier molecular flexibility index (Phi) is 3.69. The Balaban J connectivity index is 1.93. The molecule has 1 fully saturated rings. The SMILES string of the molecule is O=C1/C(=C\c2cccs2)SC(=S)N1c1ccc(F)cc1. The molecule has 20 heavy (non-hydrogen) atoms. The van der Waals surface area contributed by atoms with E-state index in [-0.39, 0.29) is 11.7 Å². The lowest BCUT2D eigenvalue weighted by Gasteiger charge is -2.14. The molecule has 0 aliphatic carbocycles. The normalized spacial score (nSPS) is 17.2. The van der Waals surface area contributed by atoms with Gasteiger partial charge in [-0.3, -0.25) is 9.69 Å². The van der Waals surface area contributed by atoms with Crippen LogP contribution in [0.5, 0.6) is 0 Å². The van der Waals surface area contributed by atoms with Crippen LogP contribution in [0.15, 0.2) is 46.7 Å². The zero-order valence-corrected chi connectivity index (χ0v) is 12.5. The van der Waals surface area contributed by atoms with E-state index in [4.69, 9.17) is 12.2 Å². The average molecular weight is 321 g/mol. The summed E-state index contributed by atoms with van der Waals surface area (Å²) in [5.74, 6) is -0.506. The number of rotatable bonds is 2. The molecule has 0 radical (unpaired) electrons. The van der Waals surface area contributed by atoms with Crippen molar-refractivity contribution in [2.75, 3.05) is 4.90 Å². The maximum atomic E-state index is 12.9. The molecule has 1 aromatic heterocycles. The number of hydrogen-bond donors (Lipinski definition) is 0. The maximum absolute atomic E-state index is 12.9. The van der Waals surface area contributed by atoms with Crippen LogP contribution < -0.4 is 4.90 Å². The zero-order chi connectivity index (χ0) is 14.1. The lowest BCUT2D eigenvalue weighted by Crippen LogP contribution is -2.27. The highest BCUT2D eigenvalue weighted by Gasteiger charge is 2.33. The van der Waals surface area contributed by atoms with Gasteiger partial charge in [0.2, 0.25) is 0 Å². The summed E-state index contributed by atoms with van der Waals surface area (Å²) in [5.41, 5.74) is 0.587. The van der Waals surface area contributed by atoms with Gasteiger partial charge in [0, 0.05) is 4.88 Å². The topological polar surface area (TPSA) is 20.3 Å². The zero-order valence-electron chi connectivity index (χ0n) is 10.1. The van der Waals surface area contributed by atoms with Crippen molar-refractivity contribution in [3.05, 3.63) is 57.4 Å². The molecular formula is C14H8FNOS3. The van der Waals surface area contributed by atoms with Crippen molar-refractivity contribution in [3.63, 3.8) is 0 Å². The van der Waals surface area contributed by atoms with Crippen LogP contribution in [0.3, 0.4) is 0 Å². The lowest BCUT2D eigenvalue weighted by molar-refractivity contribution is -0.113. The van der Waals surface area contributed by atoms with Crippen molar-refractivity contribution >= 4 is 57.3 Å². The van der Waals surface area contributed by atoms with Crippen molar-refractivity contribution in [3.8, 4) is 0 Å². The number of hydrogen-bond acceptors (Lipinski definition) is 4. The molecular weight excluding hydrogens is 313 g/mol. The minimum absolute atomic E-state index is 0.167. The summed E-state index contributed by atoms with van der Waals surface area (Å²) < 4.78 is 13.4. The summed E-state index contributed by atoms with van der Waals surface area (Å²) in [5, 5.41) is 1.95. The Bertz CT molecular complexity index is 692. The molecule has 2 heterocycles. The second-order valence-corrected chi connectivity index (χ2v) is 6.66. The van der Waals surface area contributed by atoms with E-state index < -0.39 is 0 Å². The molecule has 2 aromatic rings. The van der Waals surface area contributed by atoms with Crippen molar-refractivity contribution < 1.29 is 9.18 Å². The number of amides is 1. The first-order chi connectivity index (χ1) is 9.65. The molecule has 0 unspecified atom stereocenters. The smallest absolute Gasteiger partial charge is 0.268 e. The molecule has 1 aliphatic rings. The average Bonchev–Trinajstić information content (AvgIpc) is 3.02. The van der Waals surface area contributed by atoms with E-state index in [0.717, 1.165) is 4.88 Å². The van der Waals surface area contributed by atoms with E-state index >= 15 is 0 Å². The lowest BCUT2D eigenvalue weighted by atomic mass is 10.3. The minimum atomic E-state index is -0.340. The van der Waals surface area contributed by atoms with Crippen molar-refractivity contribution in [2.24, 2.45) is 0 Å². The molecule has 100 valence electrons. The number of benzene rings is 1. The fourth-order valence-corrected chi connectivity index (χ4v) is 3.80. The Morgan fingerprint density at radius 2 is 1.95 bits per heavy atom. The number of carbonyl (C=O) groups excluding carboxylic acids is 1. The fourth-order valence-electron chi connectivity index (χ4n) is 1.78. The van der Waals surface area contributed by atoms with Gasteiger partial charge in [-0.15, -0.1) is 11.3 Å². The van der Waals surface area contributed by atoms with Crippen LogP contribution in [-0.4, -0.2) is 10.2 Å². The van der Waals surface area contributed by atoms with Crippen LogP contribution in [-0.2, 0) is 4.79 Å². The molecule has 1 amide bonds. The third-order valence-corrected chi connectivity index (χ3v) is 4.82. The van der Waals surface area contributed by atoms with Gasteiger partial charge in [0.25, 0.3) is 5.91 Å². The number of carbonyl (C=O) groups is 1. The van der Waals surface area contributed by atoms with Crippen LogP contribution in [0.2, 0.25) is 0 Å². The number of anilines is 1. The highest BCUT2D eigenvalue weighted by Crippen LogP contribution is 2.36. The quantitative estimate of drug-likeness (QED) is 0.608. The van der Waals surface area contributed by atoms with Crippen LogP contribution in [0.1, 0.15) is 4.88 Å². The van der Waals surface area contributed by atoms with E-state index in [0.29, 0.717) is 14.9 Å². The summed E-state index contributed by atoms with van der Waals surface area (Å²) >= 11 is 8.06. The van der Waals surface area contributed by atoms with Gasteiger partial charge in [-0.05, 0) is 41.8 Å². The molecule has 2 nitrogen and oxygen atoms in total. The molecule has 1 saturated heterocycles. The van der Waals surface area contributed by atoms with Crippen LogP contribution in [0, 0.1) is 5.82 Å². The summed E-state index contributed by atoms with van der Waals surface area (Å²) in [4.78, 5) is 15.4. The van der Waals surface area contributed by atoms with Crippen molar-refractivity contribution in [1.82, 2.24) is 0 Å². The summed E-state index contributed by atoms with van der Waals surface area (Å²) in [6, 6.07) is 9.60. The second-order valence-electron chi connectivity index (χ2n) is 4.01. The summed E-state index contributed by atoms with van der Waals surface area (Å²) in [7, 11) is 0. The van der Waals surface area contributed by atoms with Crippen LogP contribution in [0.4, 0.5) is 10.1 Å². The molecule has 0 N–H and O–H groups in total. The number of thioether (sulfide) groups is 1. The fraction of sp³-hybridized carbons (Fsp3) is 0. The van der Waals surface area contributed by atoms with Crippen LogP contribution in [0.25, 0.3) is 6.08 Å².